The van der Waals surface area contributed by atoms with Gasteiger partial charge in [0.1, 0.15) is 11.5 Å². The number of ether oxygens (including phenoxy) is 4. The molecule has 9 nitrogen and oxygen atoms in total. The van der Waals surface area contributed by atoms with Crippen molar-refractivity contribution in [1.82, 2.24) is 9.80 Å². The van der Waals surface area contributed by atoms with Crippen LogP contribution in [0.5, 0.6) is 11.5 Å². The van der Waals surface area contributed by atoms with Crippen LogP contribution in [0.25, 0.3) is 0 Å². The van der Waals surface area contributed by atoms with Crippen LogP contribution in [0.3, 0.4) is 0 Å². The quantitative estimate of drug-likeness (QED) is 0.350. The Bertz CT molecular complexity index is 1210. The minimum Gasteiger partial charge on any atom is -0.467 e. The summed E-state index contributed by atoms with van der Waals surface area (Å²) in [5.41, 5.74) is 3.45. The van der Waals surface area contributed by atoms with E-state index in [9.17, 15) is 18.4 Å². The number of alkyl halides is 2. The highest BCUT2D eigenvalue weighted by Crippen LogP contribution is 2.34. The van der Waals surface area contributed by atoms with Gasteiger partial charge >= 0.3 is 0 Å². The third-order valence-electron chi connectivity index (χ3n) is 6.24. The van der Waals surface area contributed by atoms with E-state index in [1.54, 1.807) is 34.1 Å². The van der Waals surface area contributed by atoms with Crippen molar-refractivity contribution in [1.29, 1.82) is 0 Å². The summed E-state index contributed by atoms with van der Waals surface area (Å²) in [6.07, 6.45) is 2.90. The van der Waals surface area contributed by atoms with E-state index in [0.717, 1.165) is 16.7 Å². The van der Waals surface area contributed by atoms with Gasteiger partial charge in [-0.25, -0.2) is 8.78 Å². The predicted molar refractivity (Wildman–Crippen MR) is 135 cm³/mol. The van der Waals surface area contributed by atoms with Gasteiger partial charge in [0.25, 0.3) is 11.8 Å². The van der Waals surface area contributed by atoms with E-state index in [1.165, 1.54) is 20.3 Å². The molecule has 1 fully saturated rings. The number of fused-ring (bicyclic) bond motifs is 1. The number of nitrogens with one attached hydrogen (secondary N) is 1. The van der Waals surface area contributed by atoms with E-state index in [0.29, 0.717) is 35.8 Å². The molecule has 2 aliphatic heterocycles. The zero-order valence-electron chi connectivity index (χ0n) is 21.6. The van der Waals surface area contributed by atoms with Gasteiger partial charge in [-0.1, -0.05) is 18.2 Å². The Hall–Kier alpha value is -3.54. The fourth-order valence-electron chi connectivity index (χ4n) is 4.43. The van der Waals surface area contributed by atoms with Crippen molar-refractivity contribution in [3.05, 3.63) is 64.7 Å². The van der Waals surface area contributed by atoms with Crippen LogP contribution in [-0.4, -0.2) is 75.0 Å². The maximum absolute atomic E-state index is 13.6. The fourth-order valence-corrected chi connectivity index (χ4v) is 4.43. The maximum atomic E-state index is 13.6. The van der Waals surface area contributed by atoms with E-state index < -0.39 is 5.92 Å². The summed E-state index contributed by atoms with van der Waals surface area (Å²) in [6.45, 7) is 2.18. The van der Waals surface area contributed by atoms with Gasteiger partial charge in [-0.2, -0.15) is 0 Å². The molecule has 2 aromatic rings. The van der Waals surface area contributed by atoms with Crippen molar-refractivity contribution in [3.63, 3.8) is 0 Å². The Kier molecular flexibility index (Phi) is 8.60. The van der Waals surface area contributed by atoms with E-state index in [4.69, 9.17) is 18.9 Å². The van der Waals surface area contributed by atoms with Crippen LogP contribution < -0.4 is 14.8 Å². The first-order valence-corrected chi connectivity index (χ1v) is 12.1. The van der Waals surface area contributed by atoms with Crippen molar-refractivity contribution >= 4 is 17.5 Å². The van der Waals surface area contributed by atoms with E-state index in [-0.39, 0.29) is 45.0 Å². The second-order valence-corrected chi connectivity index (χ2v) is 9.24. The van der Waals surface area contributed by atoms with Crippen LogP contribution in [0.2, 0.25) is 0 Å². The number of nitrogens with zero attached hydrogens (tertiary/aromatic N) is 2. The number of amides is 2. The van der Waals surface area contributed by atoms with E-state index in [1.807, 2.05) is 19.1 Å². The Morgan fingerprint density at radius 1 is 1.05 bits per heavy atom. The highest BCUT2D eigenvalue weighted by atomic mass is 19.3. The molecule has 11 heteroatoms. The largest absolute Gasteiger partial charge is 0.467 e. The third kappa shape index (κ3) is 6.47. The maximum Gasteiger partial charge on any atom is 0.272 e. The van der Waals surface area contributed by atoms with E-state index in [2.05, 4.69) is 5.32 Å². The van der Waals surface area contributed by atoms with Crippen LogP contribution >= 0.6 is 0 Å². The summed E-state index contributed by atoms with van der Waals surface area (Å²) in [4.78, 5) is 29.3. The fraction of sp³-hybridized carbons (Fsp3) is 0.407. The molecule has 0 bridgehead atoms. The lowest BCUT2D eigenvalue weighted by molar-refractivity contribution is -0.125. The normalized spacial score (nSPS) is 16.3. The molecule has 2 heterocycles. The number of methoxy groups -OCH3 is 2. The minimum atomic E-state index is -2.64. The van der Waals surface area contributed by atoms with Crippen molar-refractivity contribution in [2.75, 3.05) is 52.8 Å². The molecule has 0 atom stereocenters. The summed E-state index contributed by atoms with van der Waals surface area (Å²) in [5.74, 6) is -2.40. The van der Waals surface area contributed by atoms with Gasteiger partial charge in [0, 0.05) is 57.2 Å². The molecule has 204 valence electrons. The summed E-state index contributed by atoms with van der Waals surface area (Å²) < 4.78 is 47.2. The number of aryl methyl sites for hydroxylation is 1. The average Bonchev–Trinajstić information content (AvgIpc) is 3.31. The number of carbonyl (C=O) groups is 2. The number of rotatable bonds is 11. The Balaban J connectivity index is 1.45. The van der Waals surface area contributed by atoms with Gasteiger partial charge < -0.3 is 29.2 Å². The molecule has 2 aromatic carbocycles. The van der Waals surface area contributed by atoms with Crippen LogP contribution in [0, 0.1) is 6.92 Å². The Labute approximate surface area is 219 Å². The second kappa shape index (κ2) is 11.9. The number of hydrogen-bond acceptors (Lipinski definition) is 7. The SMILES string of the molecule is COCOc1cc(OCOC)c(C(=O)N2Cc3cccc(NC(=O)/C=C/CN4CC(F)(F)C4)c3C2)cc1C. The molecule has 0 unspecified atom stereocenters. The molecular formula is C27H31F2N3O6. The molecule has 2 amide bonds. The van der Waals surface area contributed by atoms with E-state index >= 15 is 0 Å². The molecule has 0 aliphatic carbocycles. The highest BCUT2D eigenvalue weighted by Gasteiger charge is 2.42. The molecule has 0 saturated carbocycles. The molecule has 0 spiro atoms. The first-order chi connectivity index (χ1) is 18.2. The first kappa shape index (κ1) is 27.5. The molecule has 38 heavy (non-hydrogen) atoms. The Morgan fingerprint density at radius 3 is 2.45 bits per heavy atom. The summed E-state index contributed by atoms with van der Waals surface area (Å²) in [5, 5.41) is 2.84. The molecule has 0 aromatic heterocycles. The van der Waals surface area contributed by atoms with Gasteiger partial charge in [-0.15, -0.1) is 0 Å². The summed E-state index contributed by atoms with van der Waals surface area (Å²) >= 11 is 0. The number of halogens is 2. The van der Waals surface area contributed by atoms with Gasteiger partial charge in [0.05, 0.1) is 18.7 Å². The van der Waals surface area contributed by atoms with Gasteiger partial charge in [-0.05, 0) is 30.2 Å². The molecule has 2 aliphatic rings. The standard InChI is InChI=1S/C27H31F2N3O6/c1-18-10-20(24(38-17-36-3)11-23(18)37-16-35-2)26(34)32-12-19-6-4-7-22(21(19)13-32)30-25(33)8-5-9-31-14-27(28,29)15-31/h4-8,10-11H,9,12-17H2,1-3H3,(H,30,33)/b8-5+. The number of hydrogen-bond donors (Lipinski definition) is 1. The number of carbonyl (C=O) groups excluding carboxylic acids is 2. The topological polar surface area (TPSA) is 89.6 Å². The number of benzene rings is 2. The lowest BCUT2D eigenvalue weighted by atomic mass is 10.1. The van der Waals surface area contributed by atoms with Gasteiger partial charge in [0.15, 0.2) is 13.6 Å². The lowest BCUT2D eigenvalue weighted by Gasteiger charge is -2.37. The molecule has 1 N–H and O–H groups in total. The first-order valence-electron chi connectivity index (χ1n) is 12.1. The van der Waals surface area contributed by atoms with Crippen molar-refractivity contribution in [2.45, 2.75) is 25.9 Å². The predicted octanol–water partition coefficient (Wildman–Crippen LogP) is 3.56. The monoisotopic (exact) mass is 531 g/mol. The van der Waals surface area contributed by atoms with Crippen molar-refractivity contribution in [3.8, 4) is 11.5 Å². The van der Waals surface area contributed by atoms with Gasteiger partial charge in [-0.3, -0.25) is 14.5 Å². The molecule has 0 radical (unpaired) electrons. The third-order valence-corrected chi connectivity index (χ3v) is 6.24. The Morgan fingerprint density at radius 2 is 1.76 bits per heavy atom. The van der Waals surface area contributed by atoms with Gasteiger partial charge in [0.2, 0.25) is 5.91 Å². The van der Waals surface area contributed by atoms with Crippen LogP contribution in [0.1, 0.15) is 27.0 Å². The highest BCUT2D eigenvalue weighted by molar-refractivity contribution is 6.01. The van der Waals surface area contributed by atoms with Crippen molar-refractivity contribution in [2.24, 2.45) is 0 Å². The van der Waals surface area contributed by atoms with Crippen LogP contribution in [0.15, 0.2) is 42.5 Å². The molecule has 1 saturated heterocycles. The number of likely N-dealkylation sites (tertiary alicyclic amines) is 1. The molecule has 4 rings (SSSR count). The minimum absolute atomic E-state index is 0.0445. The lowest BCUT2D eigenvalue weighted by Crippen LogP contribution is -2.55. The number of anilines is 1. The summed E-state index contributed by atoms with van der Waals surface area (Å²) in [6, 6.07) is 8.85. The molecular weight excluding hydrogens is 500 g/mol. The smallest absolute Gasteiger partial charge is 0.272 e. The van der Waals surface area contributed by atoms with Crippen molar-refractivity contribution < 1.29 is 37.3 Å². The summed E-state index contributed by atoms with van der Waals surface area (Å²) in [7, 11) is 3.01. The van der Waals surface area contributed by atoms with Crippen LogP contribution in [0.4, 0.5) is 14.5 Å². The van der Waals surface area contributed by atoms with Crippen LogP contribution in [-0.2, 0) is 27.4 Å². The zero-order chi connectivity index (χ0) is 27.3. The average molecular weight is 532 g/mol. The second-order valence-electron chi connectivity index (χ2n) is 9.24. The zero-order valence-corrected chi connectivity index (χ0v) is 21.6.